The highest BCUT2D eigenvalue weighted by Crippen LogP contribution is 2.30. The first-order valence-corrected chi connectivity index (χ1v) is 7.18. The fraction of sp³-hybridized carbons (Fsp3) is 0.133. The first-order chi connectivity index (χ1) is 10.3. The Morgan fingerprint density at radius 3 is 2.41 bits per heavy atom. The minimum Gasteiger partial charge on any atom is -0.325 e. The second-order valence-corrected chi connectivity index (χ2v) is 5.42. The number of hydrogen-bond acceptors (Lipinski definition) is 2. The van der Waals surface area contributed by atoms with Crippen LogP contribution in [0.15, 0.2) is 53.4 Å². The summed E-state index contributed by atoms with van der Waals surface area (Å²) >= 11 is 1.17. The monoisotopic (exact) mass is 329 g/mol. The third-order valence-corrected chi connectivity index (χ3v) is 3.67. The third-order valence-electron chi connectivity index (χ3n) is 2.66. The maximum absolute atomic E-state index is 12.7. The number of alkyl halides is 3. The molecule has 0 radical (unpaired) electrons. The van der Waals surface area contributed by atoms with Crippen molar-refractivity contribution in [2.45, 2.75) is 11.1 Å². The Kier molecular flexibility index (Phi) is 5.07. The average molecular weight is 329 g/mol. The van der Waals surface area contributed by atoms with Gasteiger partial charge in [0.15, 0.2) is 0 Å². The number of carbonyl (C=O) groups is 1. The van der Waals surface area contributed by atoms with Crippen LogP contribution in [0.25, 0.3) is 0 Å². The van der Waals surface area contributed by atoms with Crippen LogP contribution in [-0.2, 0) is 11.0 Å². The molecule has 116 valence electrons. The summed E-state index contributed by atoms with van der Waals surface area (Å²) in [5.74, 6) is -0.798. The van der Waals surface area contributed by atoms with E-state index < -0.39 is 17.6 Å². The molecule has 0 aliphatic rings. The standard InChI is InChI=1S/C15H11F4NOS/c16-11-4-6-13(7-5-11)22-9-14(21)20-12-3-1-2-10(8-12)15(17,18)19/h1-8H,9H2,(H,20,21). The van der Waals surface area contributed by atoms with Gasteiger partial charge in [-0.25, -0.2) is 4.39 Å². The molecule has 0 bridgehead atoms. The van der Waals surface area contributed by atoms with Crippen molar-refractivity contribution in [1.29, 1.82) is 0 Å². The molecule has 2 rings (SSSR count). The number of rotatable bonds is 4. The van der Waals surface area contributed by atoms with Crippen molar-refractivity contribution in [3.8, 4) is 0 Å². The average Bonchev–Trinajstić information content (AvgIpc) is 2.46. The molecule has 0 spiro atoms. The van der Waals surface area contributed by atoms with Gasteiger partial charge >= 0.3 is 6.18 Å². The molecule has 0 aromatic heterocycles. The van der Waals surface area contributed by atoms with E-state index in [1.165, 1.54) is 48.2 Å². The predicted molar refractivity (Wildman–Crippen MR) is 77.2 cm³/mol. The quantitative estimate of drug-likeness (QED) is 0.657. The zero-order valence-corrected chi connectivity index (χ0v) is 12.0. The Labute approximate surface area is 128 Å². The Morgan fingerprint density at radius 2 is 1.77 bits per heavy atom. The van der Waals surface area contributed by atoms with Crippen LogP contribution in [0.4, 0.5) is 23.2 Å². The lowest BCUT2D eigenvalue weighted by atomic mass is 10.2. The lowest BCUT2D eigenvalue weighted by Crippen LogP contribution is -2.15. The molecule has 0 aliphatic carbocycles. The van der Waals surface area contributed by atoms with Gasteiger partial charge in [-0.1, -0.05) is 6.07 Å². The summed E-state index contributed by atoms with van der Waals surface area (Å²) in [4.78, 5) is 12.4. The van der Waals surface area contributed by atoms with Crippen LogP contribution in [0.5, 0.6) is 0 Å². The summed E-state index contributed by atoms with van der Waals surface area (Å²) in [6.07, 6.45) is -4.45. The third kappa shape index (κ3) is 4.77. The fourth-order valence-corrected chi connectivity index (χ4v) is 2.35. The number of thioether (sulfide) groups is 1. The van der Waals surface area contributed by atoms with E-state index in [0.717, 1.165) is 12.1 Å². The molecular formula is C15H11F4NOS. The van der Waals surface area contributed by atoms with E-state index >= 15 is 0 Å². The van der Waals surface area contributed by atoms with Crippen LogP contribution in [0.2, 0.25) is 0 Å². The highest BCUT2D eigenvalue weighted by atomic mass is 32.2. The predicted octanol–water partition coefficient (Wildman–Crippen LogP) is 4.58. The van der Waals surface area contributed by atoms with E-state index in [1.54, 1.807) is 0 Å². The maximum Gasteiger partial charge on any atom is 0.416 e. The van der Waals surface area contributed by atoms with Gasteiger partial charge < -0.3 is 5.32 Å². The number of amides is 1. The number of hydrogen-bond donors (Lipinski definition) is 1. The molecule has 1 N–H and O–H groups in total. The van der Waals surface area contributed by atoms with E-state index in [1.807, 2.05) is 0 Å². The van der Waals surface area contributed by atoms with Crippen LogP contribution in [0.3, 0.4) is 0 Å². The Morgan fingerprint density at radius 1 is 1.09 bits per heavy atom. The largest absolute Gasteiger partial charge is 0.416 e. The molecule has 1 amide bonds. The van der Waals surface area contributed by atoms with Crippen LogP contribution < -0.4 is 5.32 Å². The SMILES string of the molecule is O=C(CSc1ccc(F)cc1)Nc1cccc(C(F)(F)F)c1. The van der Waals surface area contributed by atoms with Crippen molar-refractivity contribution >= 4 is 23.4 Å². The maximum atomic E-state index is 12.7. The summed E-state index contributed by atoms with van der Waals surface area (Å²) < 4.78 is 50.4. The lowest BCUT2D eigenvalue weighted by molar-refractivity contribution is -0.137. The minimum absolute atomic E-state index is 0.0158. The smallest absolute Gasteiger partial charge is 0.325 e. The molecule has 2 nitrogen and oxygen atoms in total. The van der Waals surface area contributed by atoms with Crippen LogP contribution in [0, 0.1) is 5.82 Å². The van der Waals surface area contributed by atoms with Gasteiger partial charge in [-0.15, -0.1) is 11.8 Å². The number of anilines is 1. The first-order valence-electron chi connectivity index (χ1n) is 6.20. The Hall–Kier alpha value is -2.02. The van der Waals surface area contributed by atoms with Gasteiger partial charge in [0.05, 0.1) is 11.3 Å². The second-order valence-electron chi connectivity index (χ2n) is 4.37. The topological polar surface area (TPSA) is 29.1 Å². The van der Waals surface area contributed by atoms with Gasteiger partial charge in [-0.05, 0) is 42.5 Å². The van der Waals surface area contributed by atoms with E-state index in [2.05, 4.69) is 5.32 Å². The molecule has 22 heavy (non-hydrogen) atoms. The number of nitrogens with one attached hydrogen (secondary N) is 1. The van der Waals surface area contributed by atoms with Gasteiger partial charge in [0.1, 0.15) is 5.82 Å². The fourth-order valence-electron chi connectivity index (χ4n) is 1.65. The second kappa shape index (κ2) is 6.83. The summed E-state index contributed by atoms with van der Waals surface area (Å²) in [5.41, 5.74) is -0.740. The molecule has 0 saturated carbocycles. The highest BCUT2D eigenvalue weighted by molar-refractivity contribution is 8.00. The van der Waals surface area contributed by atoms with Crippen LogP contribution in [0.1, 0.15) is 5.56 Å². The molecule has 0 heterocycles. The number of benzene rings is 2. The molecule has 0 saturated heterocycles. The summed E-state index contributed by atoms with van der Waals surface area (Å²) in [6, 6.07) is 10.0. The minimum atomic E-state index is -4.45. The normalized spacial score (nSPS) is 11.3. The van der Waals surface area contributed by atoms with E-state index in [4.69, 9.17) is 0 Å². The summed E-state index contributed by atoms with van der Waals surface area (Å²) in [6.45, 7) is 0. The highest BCUT2D eigenvalue weighted by Gasteiger charge is 2.30. The van der Waals surface area contributed by atoms with Crippen molar-refractivity contribution in [3.05, 3.63) is 59.9 Å². The van der Waals surface area contributed by atoms with Crippen molar-refractivity contribution in [2.24, 2.45) is 0 Å². The molecular weight excluding hydrogens is 318 g/mol. The van der Waals surface area contributed by atoms with Gasteiger partial charge in [0, 0.05) is 10.6 Å². The molecule has 2 aromatic rings. The molecule has 7 heteroatoms. The molecule has 0 aliphatic heterocycles. The number of halogens is 4. The zero-order chi connectivity index (χ0) is 16.2. The zero-order valence-electron chi connectivity index (χ0n) is 11.2. The molecule has 0 unspecified atom stereocenters. The summed E-state index contributed by atoms with van der Waals surface area (Å²) in [7, 11) is 0. The van der Waals surface area contributed by atoms with E-state index in [0.29, 0.717) is 4.90 Å². The van der Waals surface area contributed by atoms with Crippen molar-refractivity contribution in [1.82, 2.24) is 0 Å². The van der Waals surface area contributed by atoms with Crippen LogP contribution >= 0.6 is 11.8 Å². The summed E-state index contributed by atoms with van der Waals surface area (Å²) in [5, 5.41) is 2.40. The van der Waals surface area contributed by atoms with Crippen molar-refractivity contribution in [3.63, 3.8) is 0 Å². The van der Waals surface area contributed by atoms with E-state index in [-0.39, 0.29) is 17.3 Å². The van der Waals surface area contributed by atoms with Gasteiger partial charge in [0.2, 0.25) is 5.91 Å². The van der Waals surface area contributed by atoms with E-state index in [9.17, 15) is 22.4 Å². The van der Waals surface area contributed by atoms with Crippen LogP contribution in [-0.4, -0.2) is 11.7 Å². The molecule has 2 aromatic carbocycles. The first kappa shape index (κ1) is 16.4. The lowest BCUT2D eigenvalue weighted by Gasteiger charge is -2.09. The van der Waals surface area contributed by atoms with Gasteiger partial charge in [-0.2, -0.15) is 13.2 Å². The van der Waals surface area contributed by atoms with Crippen molar-refractivity contribution < 1.29 is 22.4 Å². The van der Waals surface area contributed by atoms with Gasteiger partial charge in [0.25, 0.3) is 0 Å². The van der Waals surface area contributed by atoms with Gasteiger partial charge in [-0.3, -0.25) is 4.79 Å². The molecule has 0 fully saturated rings. The Balaban J connectivity index is 1.93. The Bertz CT molecular complexity index is 655. The molecule has 0 atom stereocenters. The number of carbonyl (C=O) groups excluding carboxylic acids is 1. The van der Waals surface area contributed by atoms with Crippen molar-refractivity contribution in [2.75, 3.05) is 11.1 Å².